The summed E-state index contributed by atoms with van der Waals surface area (Å²) in [5.41, 5.74) is 1.24. The van der Waals surface area contributed by atoms with Crippen LogP contribution in [0.5, 0.6) is 5.75 Å². The third kappa shape index (κ3) is 4.35. The minimum atomic E-state index is -0.634. The summed E-state index contributed by atoms with van der Waals surface area (Å²) in [6.07, 6.45) is 0.962. The van der Waals surface area contributed by atoms with Gasteiger partial charge in [-0.3, -0.25) is 9.59 Å². The number of nitrogens with one attached hydrogen (secondary N) is 1. The van der Waals surface area contributed by atoms with Gasteiger partial charge in [-0.15, -0.1) is 0 Å². The lowest BCUT2D eigenvalue weighted by molar-refractivity contribution is -0.127. The number of halogens is 1. The molecule has 104 valence electrons. The number of hydrogen-bond donors (Lipinski definition) is 1. The van der Waals surface area contributed by atoms with Gasteiger partial charge in [0.2, 0.25) is 0 Å². The zero-order valence-electron chi connectivity index (χ0n) is 11.3. The second-order valence-corrected chi connectivity index (χ2v) is 5.23. The fourth-order valence-electron chi connectivity index (χ4n) is 1.63. The van der Waals surface area contributed by atoms with Gasteiger partial charge >= 0.3 is 0 Å². The minimum absolute atomic E-state index is 0.180. The number of amides is 1. The molecular weight excluding hydrogens is 310 g/mol. The summed E-state index contributed by atoms with van der Waals surface area (Å²) >= 11 is 3.32. The Kier molecular flexibility index (Phi) is 6.02. The van der Waals surface area contributed by atoms with E-state index in [0.29, 0.717) is 17.9 Å². The smallest absolute Gasteiger partial charge is 0.260 e. The van der Waals surface area contributed by atoms with Crippen LogP contribution in [0.2, 0.25) is 0 Å². The zero-order valence-corrected chi connectivity index (χ0v) is 12.9. The fraction of sp³-hybridized carbons (Fsp3) is 0.429. The van der Waals surface area contributed by atoms with Gasteiger partial charge in [0.05, 0.1) is 5.56 Å². The first kappa shape index (κ1) is 15.7. The number of aldehydes is 1. The molecule has 1 aromatic rings. The Morgan fingerprint density at radius 2 is 2.21 bits per heavy atom. The van der Waals surface area contributed by atoms with Crippen LogP contribution in [0.4, 0.5) is 0 Å². The first-order chi connectivity index (χ1) is 8.99. The average molecular weight is 328 g/mol. The molecule has 0 radical (unpaired) electrons. The Balaban J connectivity index is 2.87. The number of hydrogen-bond acceptors (Lipinski definition) is 3. The van der Waals surface area contributed by atoms with E-state index >= 15 is 0 Å². The van der Waals surface area contributed by atoms with Crippen LogP contribution in [0.3, 0.4) is 0 Å². The molecule has 0 saturated carbocycles. The first-order valence-electron chi connectivity index (χ1n) is 6.19. The molecule has 1 atom stereocenters. The highest BCUT2D eigenvalue weighted by Gasteiger charge is 2.17. The van der Waals surface area contributed by atoms with Crippen molar-refractivity contribution in [3.05, 3.63) is 27.7 Å². The van der Waals surface area contributed by atoms with Gasteiger partial charge < -0.3 is 10.1 Å². The Labute approximate surface area is 121 Å². The summed E-state index contributed by atoms with van der Waals surface area (Å²) < 4.78 is 6.42. The van der Waals surface area contributed by atoms with Crippen molar-refractivity contribution >= 4 is 28.1 Å². The van der Waals surface area contributed by atoms with Gasteiger partial charge in [-0.2, -0.15) is 0 Å². The van der Waals surface area contributed by atoms with Gasteiger partial charge in [-0.05, 0) is 38.0 Å². The zero-order chi connectivity index (χ0) is 14.4. The average Bonchev–Trinajstić information content (AvgIpc) is 2.38. The minimum Gasteiger partial charge on any atom is -0.480 e. The van der Waals surface area contributed by atoms with Gasteiger partial charge in [0.15, 0.2) is 12.4 Å². The number of aryl methyl sites for hydroxylation is 1. The molecule has 5 heteroatoms. The van der Waals surface area contributed by atoms with Crippen LogP contribution in [-0.4, -0.2) is 24.8 Å². The molecule has 0 heterocycles. The van der Waals surface area contributed by atoms with Crippen LogP contribution < -0.4 is 10.1 Å². The van der Waals surface area contributed by atoms with E-state index in [-0.39, 0.29) is 5.91 Å². The van der Waals surface area contributed by atoms with Gasteiger partial charge in [0.25, 0.3) is 5.91 Å². The maximum Gasteiger partial charge on any atom is 0.260 e. The standard InChI is InChI=1S/C14H18BrNO3/c1-4-5-16-14(18)10(3)19-13-9(2)6-12(15)7-11(13)8-17/h6-8,10H,4-5H2,1-3H3,(H,16,18). The first-order valence-corrected chi connectivity index (χ1v) is 6.98. The lowest BCUT2D eigenvalue weighted by atomic mass is 10.1. The van der Waals surface area contributed by atoms with Gasteiger partial charge in [-0.25, -0.2) is 0 Å². The SMILES string of the molecule is CCCNC(=O)C(C)Oc1c(C)cc(Br)cc1C=O. The highest BCUT2D eigenvalue weighted by molar-refractivity contribution is 9.10. The van der Waals surface area contributed by atoms with Crippen molar-refractivity contribution in [3.63, 3.8) is 0 Å². The molecule has 0 fully saturated rings. The molecule has 4 nitrogen and oxygen atoms in total. The second-order valence-electron chi connectivity index (χ2n) is 4.31. The maximum absolute atomic E-state index is 11.8. The summed E-state index contributed by atoms with van der Waals surface area (Å²) in [5.74, 6) is 0.276. The molecule has 0 bridgehead atoms. The molecule has 19 heavy (non-hydrogen) atoms. The van der Waals surface area contributed by atoms with E-state index in [1.807, 2.05) is 19.9 Å². The van der Waals surface area contributed by atoms with Crippen LogP contribution >= 0.6 is 15.9 Å². The van der Waals surface area contributed by atoms with E-state index in [1.165, 1.54) is 0 Å². The molecule has 0 aliphatic carbocycles. The quantitative estimate of drug-likeness (QED) is 0.817. The lowest BCUT2D eigenvalue weighted by Crippen LogP contribution is -2.36. The molecule has 0 spiro atoms. The van der Waals surface area contributed by atoms with Crippen molar-refractivity contribution in [1.29, 1.82) is 0 Å². The highest BCUT2D eigenvalue weighted by atomic mass is 79.9. The lowest BCUT2D eigenvalue weighted by Gasteiger charge is -2.17. The number of carbonyl (C=O) groups excluding carboxylic acids is 2. The van der Waals surface area contributed by atoms with Crippen LogP contribution in [0.25, 0.3) is 0 Å². The van der Waals surface area contributed by atoms with Gasteiger partial charge in [-0.1, -0.05) is 22.9 Å². The molecule has 0 aliphatic rings. The molecule has 1 aromatic carbocycles. The highest BCUT2D eigenvalue weighted by Crippen LogP contribution is 2.27. The molecular formula is C14H18BrNO3. The maximum atomic E-state index is 11.8. The number of benzene rings is 1. The molecule has 1 N–H and O–H groups in total. The Morgan fingerprint density at radius 1 is 1.53 bits per heavy atom. The Bertz CT molecular complexity index is 474. The molecule has 0 aromatic heterocycles. The van der Waals surface area contributed by atoms with Crippen LogP contribution in [-0.2, 0) is 4.79 Å². The van der Waals surface area contributed by atoms with Crippen LogP contribution in [0.15, 0.2) is 16.6 Å². The Morgan fingerprint density at radius 3 is 2.79 bits per heavy atom. The van der Waals surface area contributed by atoms with Crippen molar-refractivity contribution in [1.82, 2.24) is 5.32 Å². The molecule has 0 aliphatic heterocycles. The van der Waals surface area contributed by atoms with E-state index in [9.17, 15) is 9.59 Å². The fourth-order valence-corrected chi connectivity index (χ4v) is 2.22. The van der Waals surface area contributed by atoms with Crippen molar-refractivity contribution in [2.75, 3.05) is 6.54 Å². The molecule has 1 amide bonds. The molecule has 0 saturated heterocycles. The molecule has 1 rings (SSSR count). The van der Waals surface area contributed by atoms with Crippen molar-refractivity contribution in [2.45, 2.75) is 33.3 Å². The third-order valence-electron chi connectivity index (χ3n) is 2.61. The number of rotatable bonds is 6. The van der Waals surface area contributed by atoms with Gasteiger partial charge in [0, 0.05) is 11.0 Å². The van der Waals surface area contributed by atoms with Crippen molar-refractivity contribution in [3.8, 4) is 5.75 Å². The topological polar surface area (TPSA) is 55.4 Å². The van der Waals surface area contributed by atoms with Crippen LogP contribution in [0, 0.1) is 6.92 Å². The van der Waals surface area contributed by atoms with Crippen molar-refractivity contribution < 1.29 is 14.3 Å². The normalized spacial score (nSPS) is 11.8. The Hall–Kier alpha value is -1.36. The summed E-state index contributed by atoms with van der Waals surface area (Å²) in [5, 5.41) is 2.76. The van der Waals surface area contributed by atoms with Crippen molar-refractivity contribution in [2.24, 2.45) is 0 Å². The van der Waals surface area contributed by atoms with E-state index in [4.69, 9.17) is 4.74 Å². The monoisotopic (exact) mass is 327 g/mol. The summed E-state index contributed by atoms with van der Waals surface area (Å²) in [4.78, 5) is 22.8. The third-order valence-corrected chi connectivity index (χ3v) is 3.07. The van der Waals surface area contributed by atoms with E-state index in [1.54, 1.807) is 13.0 Å². The van der Waals surface area contributed by atoms with E-state index in [2.05, 4.69) is 21.2 Å². The summed E-state index contributed by atoms with van der Waals surface area (Å²) in [6, 6.07) is 3.52. The largest absolute Gasteiger partial charge is 0.480 e. The molecule has 1 unspecified atom stereocenters. The van der Waals surface area contributed by atoms with Gasteiger partial charge in [0.1, 0.15) is 5.75 Å². The van der Waals surface area contributed by atoms with E-state index < -0.39 is 6.10 Å². The summed E-state index contributed by atoms with van der Waals surface area (Å²) in [6.45, 7) is 6.10. The number of carbonyl (C=O) groups is 2. The second kappa shape index (κ2) is 7.28. The predicted octanol–water partition coefficient (Wildman–Crippen LogP) is 2.86. The summed E-state index contributed by atoms with van der Waals surface area (Å²) in [7, 11) is 0. The van der Waals surface area contributed by atoms with Crippen LogP contribution in [0.1, 0.15) is 36.2 Å². The van der Waals surface area contributed by atoms with E-state index in [0.717, 1.165) is 22.7 Å². The predicted molar refractivity (Wildman–Crippen MR) is 77.7 cm³/mol. The number of ether oxygens (including phenoxy) is 1.